The minimum Gasteiger partial charge on any atom is -0.422 e. The van der Waals surface area contributed by atoms with Gasteiger partial charge in [0, 0.05) is 17.3 Å². The second kappa shape index (κ2) is 5.72. The summed E-state index contributed by atoms with van der Waals surface area (Å²) in [6.45, 7) is 2.67. The quantitative estimate of drug-likeness (QED) is 0.813. The molecule has 0 spiro atoms. The Balaban J connectivity index is 2.62. The van der Waals surface area contributed by atoms with Crippen LogP contribution in [0.4, 0.5) is 0 Å². The van der Waals surface area contributed by atoms with Crippen LogP contribution in [0.25, 0.3) is 0 Å². The Morgan fingerprint density at radius 2 is 1.81 bits per heavy atom. The molecular weight excluding hydrogens is 245 g/mol. The van der Waals surface area contributed by atoms with Gasteiger partial charge in [0.25, 0.3) is 0 Å². The molecule has 5 heteroatoms. The zero-order valence-electron chi connectivity index (χ0n) is 9.68. The van der Waals surface area contributed by atoms with Crippen LogP contribution in [-0.4, -0.2) is 6.04 Å². The van der Waals surface area contributed by atoms with Crippen molar-refractivity contribution in [1.29, 1.82) is 0 Å². The van der Waals surface area contributed by atoms with E-state index < -0.39 is 6.87 Å². The third kappa shape index (κ3) is 4.56. The summed E-state index contributed by atoms with van der Waals surface area (Å²) in [6, 6.07) is 8.94. The van der Waals surface area contributed by atoms with Crippen molar-refractivity contribution in [3.05, 3.63) is 30.3 Å². The SMILES string of the molecule is CC(C)[C@H](C)NP(=O)(Cl)Oc1ccccc1. The lowest BCUT2D eigenvalue weighted by atomic mass is 10.1. The number of hydrogen-bond donors (Lipinski definition) is 1. The second-order valence-corrected chi connectivity index (χ2v) is 6.78. The summed E-state index contributed by atoms with van der Waals surface area (Å²) >= 11 is 5.83. The van der Waals surface area contributed by atoms with Crippen LogP contribution in [0, 0.1) is 5.92 Å². The molecule has 0 radical (unpaired) electrons. The van der Waals surface area contributed by atoms with Crippen LogP contribution in [0.3, 0.4) is 0 Å². The Hall–Kier alpha value is -0.500. The van der Waals surface area contributed by atoms with E-state index in [0.29, 0.717) is 11.7 Å². The number of halogens is 1. The van der Waals surface area contributed by atoms with E-state index in [2.05, 4.69) is 5.09 Å². The molecule has 3 nitrogen and oxygen atoms in total. The Labute approximate surface area is 101 Å². The molecule has 1 aromatic rings. The van der Waals surface area contributed by atoms with E-state index in [-0.39, 0.29) is 6.04 Å². The first-order valence-corrected chi connectivity index (χ1v) is 7.76. The molecule has 0 aliphatic heterocycles. The van der Waals surface area contributed by atoms with Gasteiger partial charge in [-0.25, -0.2) is 9.65 Å². The number of hydrogen-bond acceptors (Lipinski definition) is 2. The van der Waals surface area contributed by atoms with E-state index in [1.165, 1.54) is 0 Å². The first kappa shape index (κ1) is 13.6. The molecule has 0 amide bonds. The largest absolute Gasteiger partial charge is 0.422 e. The fourth-order valence-electron chi connectivity index (χ4n) is 1.04. The Morgan fingerprint density at radius 1 is 1.25 bits per heavy atom. The molecule has 0 saturated carbocycles. The summed E-state index contributed by atoms with van der Waals surface area (Å²) in [6.07, 6.45) is 0. The maximum Gasteiger partial charge on any atom is 0.409 e. The molecule has 1 unspecified atom stereocenters. The molecule has 1 N–H and O–H groups in total. The lowest BCUT2D eigenvalue weighted by Crippen LogP contribution is -2.28. The maximum absolute atomic E-state index is 11.9. The average Bonchev–Trinajstić information content (AvgIpc) is 2.17. The third-order valence-corrected chi connectivity index (χ3v) is 3.98. The highest BCUT2D eigenvalue weighted by Gasteiger charge is 2.24. The molecule has 0 heterocycles. The molecule has 2 atom stereocenters. The molecule has 0 fully saturated rings. The van der Waals surface area contributed by atoms with E-state index in [4.69, 9.17) is 15.8 Å². The van der Waals surface area contributed by atoms with E-state index in [9.17, 15) is 4.57 Å². The van der Waals surface area contributed by atoms with Gasteiger partial charge >= 0.3 is 6.87 Å². The molecule has 0 aromatic heterocycles. The Kier molecular flexibility index (Phi) is 4.85. The van der Waals surface area contributed by atoms with Gasteiger partial charge in [-0.05, 0) is 25.0 Å². The summed E-state index contributed by atoms with van der Waals surface area (Å²) in [4.78, 5) is 0. The highest BCUT2D eigenvalue weighted by Crippen LogP contribution is 2.48. The molecule has 0 saturated heterocycles. The van der Waals surface area contributed by atoms with Crippen molar-refractivity contribution in [1.82, 2.24) is 5.09 Å². The van der Waals surface area contributed by atoms with Crippen LogP contribution in [0.5, 0.6) is 5.75 Å². The summed E-state index contributed by atoms with van der Waals surface area (Å²) in [7, 11) is 0. The summed E-state index contributed by atoms with van der Waals surface area (Å²) in [5.41, 5.74) is 0. The average molecular weight is 262 g/mol. The van der Waals surface area contributed by atoms with Crippen molar-refractivity contribution in [3.63, 3.8) is 0 Å². The molecule has 0 aliphatic rings. The van der Waals surface area contributed by atoms with Gasteiger partial charge in [-0.3, -0.25) is 0 Å². The molecule has 0 bridgehead atoms. The minimum absolute atomic E-state index is 0.0343. The molecular formula is C11H17ClNO2P. The molecule has 90 valence electrons. The van der Waals surface area contributed by atoms with E-state index in [1.807, 2.05) is 26.8 Å². The number of nitrogens with one attached hydrogen (secondary N) is 1. The highest BCUT2D eigenvalue weighted by atomic mass is 35.7. The predicted octanol–water partition coefficient (Wildman–Crippen LogP) is 4.05. The van der Waals surface area contributed by atoms with Crippen molar-refractivity contribution in [3.8, 4) is 5.75 Å². The first-order valence-electron chi connectivity index (χ1n) is 5.23. The van der Waals surface area contributed by atoms with Crippen LogP contribution in [-0.2, 0) is 4.57 Å². The first-order chi connectivity index (χ1) is 7.41. The second-order valence-electron chi connectivity index (χ2n) is 4.05. The monoisotopic (exact) mass is 261 g/mol. The Morgan fingerprint density at radius 3 is 2.31 bits per heavy atom. The fraction of sp³-hybridized carbons (Fsp3) is 0.455. The van der Waals surface area contributed by atoms with Gasteiger partial charge < -0.3 is 4.52 Å². The number of para-hydroxylation sites is 1. The van der Waals surface area contributed by atoms with Crippen LogP contribution in [0.15, 0.2) is 30.3 Å². The smallest absolute Gasteiger partial charge is 0.409 e. The van der Waals surface area contributed by atoms with Gasteiger partial charge in [-0.15, -0.1) is 0 Å². The van der Waals surface area contributed by atoms with Gasteiger partial charge in [-0.2, -0.15) is 0 Å². The molecule has 0 aliphatic carbocycles. The van der Waals surface area contributed by atoms with E-state index >= 15 is 0 Å². The lowest BCUT2D eigenvalue weighted by Gasteiger charge is -2.21. The van der Waals surface area contributed by atoms with Gasteiger partial charge in [0.1, 0.15) is 5.75 Å². The van der Waals surface area contributed by atoms with Gasteiger partial charge in [0.05, 0.1) is 0 Å². The zero-order valence-corrected chi connectivity index (χ0v) is 11.3. The zero-order chi connectivity index (χ0) is 12.2. The highest BCUT2D eigenvalue weighted by molar-refractivity contribution is 7.84. The molecule has 16 heavy (non-hydrogen) atoms. The van der Waals surface area contributed by atoms with Crippen LogP contribution >= 0.6 is 18.1 Å². The van der Waals surface area contributed by atoms with E-state index in [0.717, 1.165) is 0 Å². The summed E-state index contributed by atoms with van der Waals surface area (Å²) in [5.74, 6) is 0.843. The summed E-state index contributed by atoms with van der Waals surface area (Å²) < 4.78 is 17.2. The maximum atomic E-state index is 11.9. The van der Waals surface area contributed by atoms with Gasteiger partial charge in [0.2, 0.25) is 0 Å². The normalized spacial score (nSPS) is 16.8. The van der Waals surface area contributed by atoms with Gasteiger partial charge in [0.15, 0.2) is 0 Å². The minimum atomic E-state index is -3.30. The number of rotatable bonds is 5. The Bertz CT molecular complexity index is 370. The molecule has 1 rings (SSSR count). The van der Waals surface area contributed by atoms with Crippen molar-refractivity contribution < 1.29 is 9.09 Å². The predicted molar refractivity (Wildman–Crippen MR) is 68.0 cm³/mol. The van der Waals surface area contributed by atoms with Crippen molar-refractivity contribution in [2.45, 2.75) is 26.8 Å². The fourth-order valence-corrected chi connectivity index (χ4v) is 2.97. The van der Waals surface area contributed by atoms with Crippen molar-refractivity contribution >= 4 is 18.1 Å². The lowest BCUT2D eigenvalue weighted by molar-refractivity contribution is 0.437. The van der Waals surface area contributed by atoms with Crippen molar-refractivity contribution in [2.24, 2.45) is 5.92 Å². The van der Waals surface area contributed by atoms with Gasteiger partial charge in [-0.1, -0.05) is 32.0 Å². The topological polar surface area (TPSA) is 38.3 Å². The van der Waals surface area contributed by atoms with Crippen LogP contribution in [0.2, 0.25) is 0 Å². The van der Waals surface area contributed by atoms with Crippen LogP contribution < -0.4 is 9.61 Å². The van der Waals surface area contributed by atoms with Crippen molar-refractivity contribution in [2.75, 3.05) is 0 Å². The van der Waals surface area contributed by atoms with Crippen LogP contribution in [0.1, 0.15) is 20.8 Å². The number of benzene rings is 1. The van der Waals surface area contributed by atoms with E-state index in [1.54, 1.807) is 24.3 Å². The summed E-state index contributed by atoms with van der Waals surface area (Å²) in [5, 5.41) is 2.80. The standard InChI is InChI=1S/C11H17ClNO2P/c1-9(2)10(3)13-16(12,14)15-11-7-5-4-6-8-11/h4-10H,1-3H3,(H,13,14)/t10-,16?/m0/s1. The third-order valence-electron chi connectivity index (χ3n) is 2.32. The molecule has 1 aromatic carbocycles.